The number of aromatic amines is 1. The number of aryl methyl sites for hydroxylation is 1. The lowest BCUT2D eigenvalue weighted by atomic mass is 9.79. The topological polar surface area (TPSA) is 92.7 Å². The van der Waals surface area contributed by atoms with Gasteiger partial charge in [0, 0.05) is 29.2 Å². The van der Waals surface area contributed by atoms with Gasteiger partial charge < -0.3 is 5.32 Å². The minimum atomic E-state index is -0.177. The Labute approximate surface area is 177 Å². The molecule has 0 aliphatic heterocycles. The molecular weight excluding hydrogens is 378 g/mol. The van der Waals surface area contributed by atoms with E-state index in [2.05, 4.69) is 27.3 Å². The summed E-state index contributed by atoms with van der Waals surface area (Å²) in [5.74, 6) is 2.26. The molecule has 2 aliphatic carbocycles. The zero-order valence-electron chi connectivity index (χ0n) is 18.3. The number of rotatable bonds is 7. The van der Waals surface area contributed by atoms with Crippen LogP contribution in [0.25, 0.3) is 5.95 Å². The molecule has 0 saturated heterocycles. The van der Waals surface area contributed by atoms with Gasteiger partial charge in [-0.15, -0.1) is 0 Å². The number of carbonyl (C=O) groups is 1. The average Bonchev–Trinajstić information content (AvgIpc) is 3.51. The summed E-state index contributed by atoms with van der Waals surface area (Å²) in [4.78, 5) is 32.6. The van der Waals surface area contributed by atoms with E-state index < -0.39 is 0 Å². The summed E-state index contributed by atoms with van der Waals surface area (Å²) in [6.07, 6.45) is 10.2. The summed E-state index contributed by atoms with van der Waals surface area (Å²) in [7, 11) is 0. The molecule has 2 N–H and O–H groups in total. The Bertz CT molecular complexity index is 964. The maximum Gasteiger partial charge on any atom is 0.255 e. The Kier molecular flexibility index (Phi) is 6.06. The fourth-order valence-electron chi connectivity index (χ4n) is 4.39. The summed E-state index contributed by atoms with van der Waals surface area (Å²) < 4.78 is 1.59. The fraction of sp³-hybridized carbons (Fsp3) is 0.652. The molecule has 2 fully saturated rings. The molecule has 2 heterocycles. The van der Waals surface area contributed by atoms with E-state index >= 15 is 0 Å². The van der Waals surface area contributed by atoms with Gasteiger partial charge in [-0.05, 0) is 58.3 Å². The van der Waals surface area contributed by atoms with Gasteiger partial charge in [0.15, 0.2) is 0 Å². The third kappa shape index (κ3) is 4.50. The predicted molar refractivity (Wildman–Crippen MR) is 117 cm³/mol. The molecule has 2 aromatic rings. The van der Waals surface area contributed by atoms with Crippen molar-refractivity contribution in [1.82, 2.24) is 19.7 Å². The number of H-pyrrole nitrogens is 1. The van der Waals surface area contributed by atoms with Gasteiger partial charge in [-0.1, -0.05) is 26.2 Å². The molecule has 0 bridgehead atoms. The number of hydrogen-bond acceptors (Lipinski definition) is 4. The summed E-state index contributed by atoms with van der Waals surface area (Å²) in [6, 6.07) is 1.94. The van der Waals surface area contributed by atoms with Crippen LogP contribution in [-0.2, 0) is 4.79 Å². The van der Waals surface area contributed by atoms with Crippen LogP contribution in [0.4, 0.5) is 5.82 Å². The highest BCUT2D eigenvalue weighted by Gasteiger charge is 2.30. The van der Waals surface area contributed by atoms with E-state index in [1.165, 1.54) is 19.3 Å². The van der Waals surface area contributed by atoms with Crippen LogP contribution in [0.5, 0.6) is 0 Å². The minimum Gasteiger partial charge on any atom is -0.310 e. The van der Waals surface area contributed by atoms with Gasteiger partial charge >= 0.3 is 0 Å². The van der Waals surface area contributed by atoms with Gasteiger partial charge in [-0.25, -0.2) is 4.98 Å². The third-order valence-electron chi connectivity index (χ3n) is 6.74. The normalized spacial score (nSPS) is 21.6. The van der Waals surface area contributed by atoms with Crippen LogP contribution in [0.3, 0.4) is 0 Å². The number of unbranched alkanes of at least 4 members (excludes halogenated alkanes) is 1. The maximum absolute atomic E-state index is 13.0. The van der Waals surface area contributed by atoms with Gasteiger partial charge in [0.2, 0.25) is 11.9 Å². The molecule has 2 saturated carbocycles. The number of aromatic nitrogens is 4. The Morgan fingerprint density at radius 2 is 1.93 bits per heavy atom. The molecule has 7 nitrogen and oxygen atoms in total. The maximum atomic E-state index is 13.0. The Balaban J connectivity index is 1.51. The van der Waals surface area contributed by atoms with Crippen molar-refractivity contribution >= 4 is 11.7 Å². The number of nitrogens with one attached hydrogen (secondary N) is 2. The van der Waals surface area contributed by atoms with Crippen LogP contribution in [0.15, 0.2) is 10.9 Å². The van der Waals surface area contributed by atoms with Crippen molar-refractivity contribution in [2.24, 2.45) is 11.8 Å². The van der Waals surface area contributed by atoms with E-state index in [4.69, 9.17) is 0 Å². The molecule has 7 heteroatoms. The zero-order chi connectivity index (χ0) is 21.3. The SMILES string of the molecule is CCCCC1CCC(C(=O)Nc2cc(C3CC3)nn2-c2nc(C)c(C)c(=O)[nH]2)CC1. The van der Waals surface area contributed by atoms with Crippen LogP contribution < -0.4 is 10.9 Å². The second kappa shape index (κ2) is 8.74. The van der Waals surface area contributed by atoms with Gasteiger partial charge in [0.25, 0.3) is 5.56 Å². The fourth-order valence-corrected chi connectivity index (χ4v) is 4.39. The van der Waals surface area contributed by atoms with Gasteiger partial charge in [0.1, 0.15) is 5.82 Å². The first-order valence-electron chi connectivity index (χ1n) is 11.4. The van der Waals surface area contributed by atoms with Gasteiger partial charge in [-0.2, -0.15) is 9.78 Å². The first-order valence-corrected chi connectivity index (χ1v) is 11.4. The number of carbonyl (C=O) groups excluding carboxylic acids is 1. The van der Waals surface area contributed by atoms with Crippen LogP contribution in [0.2, 0.25) is 0 Å². The smallest absolute Gasteiger partial charge is 0.255 e. The Morgan fingerprint density at radius 1 is 1.20 bits per heavy atom. The molecule has 0 unspecified atom stereocenters. The molecule has 1 amide bonds. The third-order valence-corrected chi connectivity index (χ3v) is 6.74. The zero-order valence-corrected chi connectivity index (χ0v) is 18.3. The molecular formula is C23H33N5O2. The van der Waals surface area contributed by atoms with E-state index in [0.717, 1.165) is 50.1 Å². The van der Waals surface area contributed by atoms with Crippen molar-refractivity contribution in [3.05, 3.63) is 33.4 Å². The molecule has 0 radical (unpaired) electrons. The molecule has 2 aromatic heterocycles. The van der Waals surface area contributed by atoms with Crippen molar-refractivity contribution in [2.75, 3.05) is 5.32 Å². The quantitative estimate of drug-likeness (QED) is 0.707. The molecule has 0 atom stereocenters. The number of amides is 1. The Hall–Kier alpha value is -2.44. The summed E-state index contributed by atoms with van der Waals surface area (Å²) >= 11 is 0. The van der Waals surface area contributed by atoms with Crippen molar-refractivity contribution < 1.29 is 4.79 Å². The van der Waals surface area contributed by atoms with E-state index in [-0.39, 0.29) is 17.4 Å². The second-order valence-corrected chi connectivity index (χ2v) is 9.09. The highest BCUT2D eigenvalue weighted by molar-refractivity contribution is 5.92. The van der Waals surface area contributed by atoms with Crippen LogP contribution in [-0.4, -0.2) is 25.7 Å². The number of nitrogens with zero attached hydrogens (tertiary/aromatic N) is 3. The molecule has 0 aromatic carbocycles. The molecule has 2 aliphatic rings. The van der Waals surface area contributed by atoms with Crippen molar-refractivity contribution in [3.8, 4) is 5.95 Å². The average molecular weight is 412 g/mol. The molecule has 162 valence electrons. The number of anilines is 1. The lowest BCUT2D eigenvalue weighted by Crippen LogP contribution is -2.28. The second-order valence-electron chi connectivity index (χ2n) is 9.09. The van der Waals surface area contributed by atoms with Gasteiger partial charge in [0.05, 0.1) is 5.69 Å². The van der Waals surface area contributed by atoms with E-state index in [0.29, 0.717) is 28.9 Å². The van der Waals surface area contributed by atoms with Crippen molar-refractivity contribution in [1.29, 1.82) is 0 Å². The monoisotopic (exact) mass is 411 g/mol. The first-order chi connectivity index (χ1) is 14.5. The first kappa shape index (κ1) is 20.8. The standard InChI is InChI=1S/C23H33N5O2/c1-4-5-6-16-7-9-18(10-8-16)22(30)25-20-13-19(17-11-12-17)27-28(20)23-24-15(3)14(2)21(29)26-23/h13,16-18H,4-12H2,1-3H3,(H,25,30)(H,24,26,29). The predicted octanol–water partition coefficient (Wildman–Crippen LogP) is 4.38. The molecule has 0 spiro atoms. The van der Waals surface area contributed by atoms with E-state index in [1.54, 1.807) is 11.6 Å². The van der Waals surface area contributed by atoms with Crippen molar-refractivity contribution in [2.45, 2.75) is 84.5 Å². The molecule has 4 rings (SSSR count). The van der Waals surface area contributed by atoms with Gasteiger partial charge in [-0.3, -0.25) is 14.6 Å². The minimum absolute atomic E-state index is 0.0439. The summed E-state index contributed by atoms with van der Waals surface area (Å²) in [5.41, 5.74) is 2.04. The molecule has 30 heavy (non-hydrogen) atoms. The highest BCUT2D eigenvalue weighted by Crippen LogP contribution is 2.40. The van der Waals surface area contributed by atoms with Crippen LogP contribution in [0.1, 0.15) is 87.6 Å². The van der Waals surface area contributed by atoms with Crippen LogP contribution >= 0.6 is 0 Å². The van der Waals surface area contributed by atoms with Crippen LogP contribution in [0, 0.1) is 25.7 Å². The van der Waals surface area contributed by atoms with Crippen molar-refractivity contribution in [3.63, 3.8) is 0 Å². The Morgan fingerprint density at radius 3 is 2.57 bits per heavy atom. The van der Waals surface area contributed by atoms with E-state index in [1.807, 2.05) is 13.0 Å². The largest absolute Gasteiger partial charge is 0.310 e. The highest BCUT2D eigenvalue weighted by atomic mass is 16.2. The number of hydrogen-bond donors (Lipinski definition) is 2. The lowest BCUT2D eigenvalue weighted by Gasteiger charge is -2.27. The summed E-state index contributed by atoms with van der Waals surface area (Å²) in [6.45, 7) is 5.80. The lowest BCUT2D eigenvalue weighted by molar-refractivity contribution is -0.121. The summed E-state index contributed by atoms with van der Waals surface area (Å²) in [5, 5.41) is 7.76. The van der Waals surface area contributed by atoms with E-state index in [9.17, 15) is 9.59 Å².